The molecule has 0 saturated carbocycles. The molecule has 5 rings (SSSR count). The molecule has 1 N–H and O–H groups in total. The molecular formula is C23H20N4O3. The van der Waals surface area contributed by atoms with Gasteiger partial charge in [-0.15, -0.1) is 0 Å². The Hall–Kier alpha value is -3.74. The second-order valence-corrected chi connectivity index (χ2v) is 7.61. The Balaban J connectivity index is 1.50. The van der Waals surface area contributed by atoms with Gasteiger partial charge in [0.15, 0.2) is 0 Å². The van der Waals surface area contributed by atoms with Crippen LogP contribution in [0, 0.1) is 0 Å². The fourth-order valence-corrected chi connectivity index (χ4v) is 4.26. The van der Waals surface area contributed by atoms with Crippen LogP contribution < -0.4 is 11.1 Å². The molecule has 150 valence electrons. The number of amides is 1. The van der Waals surface area contributed by atoms with Gasteiger partial charge in [-0.2, -0.15) is 0 Å². The van der Waals surface area contributed by atoms with Gasteiger partial charge in [-0.3, -0.25) is 19.0 Å². The highest BCUT2D eigenvalue weighted by Crippen LogP contribution is 2.24. The maximum atomic E-state index is 13.3. The van der Waals surface area contributed by atoms with E-state index in [9.17, 15) is 14.4 Å². The predicted molar refractivity (Wildman–Crippen MR) is 115 cm³/mol. The number of carbonyl (C=O) groups excluding carboxylic acids is 1. The topological polar surface area (TPSA) is 88.1 Å². The van der Waals surface area contributed by atoms with Gasteiger partial charge in [0.05, 0.1) is 28.8 Å². The average molecular weight is 400 g/mol. The summed E-state index contributed by atoms with van der Waals surface area (Å²) in [7, 11) is 0. The molecule has 1 fully saturated rings. The highest BCUT2D eigenvalue weighted by molar-refractivity contribution is 6.06. The zero-order valence-corrected chi connectivity index (χ0v) is 16.2. The van der Waals surface area contributed by atoms with Crippen LogP contribution in [0.25, 0.3) is 21.8 Å². The van der Waals surface area contributed by atoms with E-state index >= 15 is 0 Å². The van der Waals surface area contributed by atoms with Gasteiger partial charge in [0.25, 0.3) is 11.5 Å². The van der Waals surface area contributed by atoms with Crippen LogP contribution >= 0.6 is 0 Å². The summed E-state index contributed by atoms with van der Waals surface area (Å²) in [5.41, 5.74) is 1.29. The van der Waals surface area contributed by atoms with Gasteiger partial charge < -0.3 is 9.88 Å². The highest BCUT2D eigenvalue weighted by Gasteiger charge is 2.27. The number of piperidine rings is 1. The minimum absolute atomic E-state index is 0.0958. The number of hydrogen-bond acceptors (Lipinski definition) is 4. The molecule has 3 heterocycles. The van der Waals surface area contributed by atoms with Gasteiger partial charge in [-0.1, -0.05) is 30.3 Å². The Kier molecular flexibility index (Phi) is 4.43. The standard InChI is InChI=1S/C23H20N4O3/c28-21-12-18(16-7-1-4-10-20(16)25-21)22(29)26-11-5-6-15(13-26)27-14-24-19-9-3-2-8-17(19)23(27)30/h1-4,7-10,12,14-15H,5-6,11,13H2,(H,25,28)/t15-/m1/s1. The second kappa shape index (κ2) is 7.26. The number of nitrogens with zero attached hydrogens (tertiary/aromatic N) is 3. The normalized spacial score (nSPS) is 16.8. The Morgan fingerprint density at radius 3 is 2.67 bits per heavy atom. The maximum absolute atomic E-state index is 13.3. The molecule has 0 bridgehead atoms. The lowest BCUT2D eigenvalue weighted by Gasteiger charge is -2.33. The van der Waals surface area contributed by atoms with Crippen molar-refractivity contribution in [3.63, 3.8) is 0 Å². The van der Waals surface area contributed by atoms with Gasteiger partial charge in [-0.05, 0) is 31.0 Å². The molecule has 30 heavy (non-hydrogen) atoms. The Labute approximate surface area is 171 Å². The van der Waals surface area contributed by atoms with Crippen LogP contribution in [0.4, 0.5) is 0 Å². The smallest absolute Gasteiger partial charge is 0.261 e. The molecule has 2 aromatic carbocycles. The van der Waals surface area contributed by atoms with Crippen LogP contribution in [0.1, 0.15) is 29.2 Å². The first-order chi connectivity index (χ1) is 14.6. The van der Waals surface area contributed by atoms with Crippen molar-refractivity contribution in [2.24, 2.45) is 0 Å². The first kappa shape index (κ1) is 18.3. The molecule has 2 aromatic heterocycles. The van der Waals surface area contributed by atoms with Gasteiger partial charge in [0.2, 0.25) is 5.56 Å². The van der Waals surface area contributed by atoms with E-state index in [0.29, 0.717) is 40.5 Å². The number of fused-ring (bicyclic) bond motifs is 2. The molecular weight excluding hydrogens is 380 g/mol. The van der Waals surface area contributed by atoms with E-state index in [4.69, 9.17) is 0 Å². The Bertz CT molecular complexity index is 1390. The molecule has 0 unspecified atom stereocenters. The average Bonchev–Trinajstić information content (AvgIpc) is 2.78. The quantitative estimate of drug-likeness (QED) is 0.560. The largest absolute Gasteiger partial charge is 0.337 e. The van der Waals surface area contributed by atoms with Crippen molar-refractivity contribution in [2.45, 2.75) is 18.9 Å². The number of carbonyl (C=O) groups is 1. The van der Waals surface area contributed by atoms with Gasteiger partial charge in [-0.25, -0.2) is 4.98 Å². The summed E-state index contributed by atoms with van der Waals surface area (Å²) < 4.78 is 1.64. The third kappa shape index (κ3) is 3.08. The van der Waals surface area contributed by atoms with Gasteiger partial charge in [0.1, 0.15) is 0 Å². The number of likely N-dealkylation sites (tertiary alicyclic amines) is 1. The van der Waals surface area contributed by atoms with Crippen molar-refractivity contribution < 1.29 is 4.79 Å². The second-order valence-electron chi connectivity index (χ2n) is 7.61. The number of aromatic amines is 1. The lowest BCUT2D eigenvalue weighted by atomic mass is 10.0. The third-order valence-electron chi connectivity index (χ3n) is 5.75. The summed E-state index contributed by atoms with van der Waals surface area (Å²) in [5.74, 6) is -0.191. The summed E-state index contributed by atoms with van der Waals surface area (Å²) in [4.78, 5) is 47.3. The number of pyridine rings is 1. The molecule has 7 nitrogen and oxygen atoms in total. The summed E-state index contributed by atoms with van der Waals surface area (Å²) in [6, 6.07) is 15.8. The fraction of sp³-hybridized carbons (Fsp3) is 0.217. The van der Waals surface area contributed by atoms with Crippen molar-refractivity contribution >= 4 is 27.7 Å². The summed E-state index contributed by atoms with van der Waals surface area (Å²) in [6.07, 6.45) is 3.14. The van der Waals surface area contributed by atoms with Gasteiger partial charge >= 0.3 is 0 Å². The van der Waals surface area contributed by atoms with Crippen LogP contribution in [0.15, 0.2) is 70.5 Å². The van der Waals surface area contributed by atoms with Crippen molar-refractivity contribution in [1.29, 1.82) is 0 Å². The Morgan fingerprint density at radius 1 is 1.03 bits per heavy atom. The van der Waals surface area contributed by atoms with Crippen LogP contribution in [0.2, 0.25) is 0 Å². The number of H-pyrrole nitrogens is 1. The van der Waals surface area contributed by atoms with E-state index in [-0.39, 0.29) is 23.1 Å². The molecule has 1 amide bonds. The number of nitrogens with one attached hydrogen (secondary N) is 1. The minimum Gasteiger partial charge on any atom is -0.337 e. The van der Waals surface area contributed by atoms with Crippen molar-refractivity contribution in [3.8, 4) is 0 Å². The molecule has 1 saturated heterocycles. The van der Waals surface area contributed by atoms with E-state index in [0.717, 1.165) is 12.8 Å². The lowest BCUT2D eigenvalue weighted by molar-refractivity contribution is 0.0679. The monoisotopic (exact) mass is 400 g/mol. The van der Waals surface area contributed by atoms with Crippen LogP contribution in [-0.2, 0) is 0 Å². The van der Waals surface area contributed by atoms with Crippen LogP contribution in [0.3, 0.4) is 0 Å². The molecule has 4 aromatic rings. The third-order valence-corrected chi connectivity index (χ3v) is 5.75. The van der Waals surface area contributed by atoms with Crippen molar-refractivity contribution in [2.75, 3.05) is 13.1 Å². The molecule has 0 radical (unpaired) electrons. The minimum atomic E-state index is -0.305. The highest BCUT2D eigenvalue weighted by atomic mass is 16.2. The van der Waals surface area contributed by atoms with E-state index in [1.807, 2.05) is 36.4 Å². The fourth-order valence-electron chi connectivity index (χ4n) is 4.26. The predicted octanol–water partition coefficient (Wildman–Crippen LogP) is 2.72. The summed E-state index contributed by atoms with van der Waals surface area (Å²) in [5, 5.41) is 1.29. The lowest BCUT2D eigenvalue weighted by Crippen LogP contribution is -2.43. The molecule has 0 spiro atoms. The number of rotatable bonds is 2. The molecule has 7 heteroatoms. The van der Waals surface area contributed by atoms with E-state index in [1.165, 1.54) is 6.07 Å². The van der Waals surface area contributed by atoms with Gasteiger partial charge in [0, 0.05) is 30.1 Å². The van der Waals surface area contributed by atoms with E-state index in [1.54, 1.807) is 27.9 Å². The first-order valence-corrected chi connectivity index (χ1v) is 9.99. The van der Waals surface area contributed by atoms with Crippen LogP contribution in [-0.4, -0.2) is 38.4 Å². The van der Waals surface area contributed by atoms with E-state index in [2.05, 4.69) is 9.97 Å². The number of hydrogen-bond donors (Lipinski definition) is 1. The zero-order valence-electron chi connectivity index (χ0n) is 16.2. The van der Waals surface area contributed by atoms with Crippen molar-refractivity contribution in [1.82, 2.24) is 19.4 Å². The number of benzene rings is 2. The molecule has 1 aliphatic rings. The maximum Gasteiger partial charge on any atom is 0.261 e. The van der Waals surface area contributed by atoms with Crippen LogP contribution in [0.5, 0.6) is 0 Å². The number of para-hydroxylation sites is 2. The number of aromatic nitrogens is 3. The van der Waals surface area contributed by atoms with Crippen molar-refractivity contribution in [3.05, 3.63) is 87.2 Å². The first-order valence-electron chi connectivity index (χ1n) is 9.99. The Morgan fingerprint density at radius 2 is 1.80 bits per heavy atom. The summed E-state index contributed by atoms with van der Waals surface area (Å²) >= 11 is 0. The summed E-state index contributed by atoms with van der Waals surface area (Å²) in [6.45, 7) is 0.992. The molecule has 0 aliphatic carbocycles. The zero-order chi connectivity index (χ0) is 20.7. The van der Waals surface area contributed by atoms with E-state index < -0.39 is 0 Å². The molecule has 1 aliphatic heterocycles. The molecule has 1 atom stereocenters. The SMILES string of the molecule is O=C(c1cc(=O)[nH]c2ccccc12)N1CCC[C@@H](n2cnc3ccccc3c2=O)C1.